The zero-order valence-corrected chi connectivity index (χ0v) is 10.4. The first-order chi connectivity index (χ1) is 8.58. The molecule has 1 aromatic carbocycles. The molecule has 0 fully saturated rings. The fraction of sp³-hybridized carbons (Fsp3) is 0.167. The van der Waals surface area contributed by atoms with Crippen molar-refractivity contribution >= 4 is 22.8 Å². The topological polar surface area (TPSA) is 73.1 Å². The lowest BCUT2D eigenvalue weighted by Crippen LogP contribution is -2.06. The van der Waals surface area contributed by atoms with Gasteiger partial charge >= 0.3 is 0 Å². The van der Waals surface area contributed by atoms with Crippen LogP contribution in [0.25, 0.3) is 0 Å². The number of benzene rings is 1. The number of nitrogens with zero attached hydrogens (tertiary/aromatic N) is 2. The summed E-state index contributed by atoms with van der Waals surface area (Å²) in [6.07, 6.45) is 0.000324. The van der Waals surface area contributed by atoms with E-state index in [4.69, 9.17) is 0 Å². The Morgan fingerprint density at radius 2 is 2.17 bits per heavy atom. The van der Waals surface area contributed by atoms with Crippen LogP contribution in [0.15, 0.2) is 29.6 Å². The van der Waals surface area contributed by atoms with Gasteiger partial charge in [0.1, 0.15) is 5.69 Å². The predicted molar refractivity (Wildman–Crippen MR) is 68.0 cm³/mol. The summed E-state index contributed by atoms with van der Waals surface area (Å²) >= 11 is 1.39. The fourth-order valence-electron chi connectivity index (χ4n) is 1.59. The van der Waals surface area contributed by atoms with E-state index in [1.807, 2.05) is 6.92 Å². The Kier molecular flexibility index (Phi) is 3.47. The van der Waals surface area contributed by atoms with E-state index in [1.54, 1.807) is 23.6 Å². The average molecular weight is 262 g/mol. The van der Waals surface area contributed by atoms with Gasteiger partial charge in [-0.25, -0.2) is 4.98 Å². The largest absolute Gasteiger partial charge is 0.292 e. The van der Waals surface area contributed by atoms with Crippen LogP contribution in [0.2, 0.25) is 0 Å². The van der Waals surface area contributed by atoms with E-state index in [1.165, 1.54) is 17.4 Å². The molecule has 0 aliphatic heterocycles. The number of Topliss-reactive ketones (excluding diaryl/α,β-unsaturated/α-hetero) is 1. The van der Waals surface area contributed by atoms with Crippen LogP contribution < -0.4 is 0 Å². The molecule has 1 aromatic heterocycles. The molecule has 0 unspecified atom stereocenters. The first-order valence-electron chi connectivity index (χ1n) is 5.25. The number of para-hydroxylation sites is 1. The number of thiazole rings is 1. The molecule has 0 radical (unpaired) electrons. The molecule has 6 heteroatoms. The maximum atomic E-state index is 11.9. The molecular formula is C12H10N2O3S. The standard InChI is InChI=1S/C12H10N2O3S/c1-8-13-10(7-18-8)12(15)6-9-4-2-3-5-11(9)14(16)17/h2-5,7H,6H2,1H3. The molecule has 0 saturated heterocycles. The van der Waals surface area contributed by atoms with Crippen molar-refractivity contribution in [2.24, 2.45) is 0 Å². The van der Waals surface area contributed by atoms with Gasteiger partial charge in [-0.2, -0.15) is 0 Å². The number of hydrogen-bond donors (Lipinski definition) is 0. The van der Waals surface area contributed by atoms with Crippen molar-refractivity contribution in [1.29, 1.82) is 0 Å². The van der Waals surface area contributed by atoms with Gasteiger partial charge in [-0.1, -0.05) is 18.2 Å². The lowest BCUT2D eigenvalue weighted by Gasteiger charge is -2.00. The lowest BCUT2D eigenvalue weighted by atomic mass is 10.1. The summed E-state index contributed by atoms with van der Waals surface area (Å²) in [5.74, 6) is -0.200. The predicted octanol–water partition coefficient (Wildman–Crippen LogP) is 2.79. The molecular weight excluding hydrogens is 252 g/mol. The number of nitro benzene ring substituents is 1. The summed E-state index contributed by atoms with van der Waals surface area (Å²) in [6.45, 7) is 1.81. The third-order valence-corrected chi connectivity index (χ3v) is 3.22. The first-order valence-corrected chi connectivity index (χ1v) is 6.13. The van der Waals surface area contributed by atoms with Crippen LogP contribution in [0, 0.1) is 17.0 Å². The number of rotatable bonds is 4. The Labute approximate surface area is 107 Å². The molecule has 92 valence electrons. The number of carbonyl (C=O) groups excluding carboxylic acids is 1. The minimum Gasteiger partial charge on any atom is -0.292 e. The van der Waals surface area contributed by atoms with E-state index in [-0.39, 0.29) is 17.9 Å². The highest BCUT2D eigenvalue weighted by Crippen LogP contribution is 2.20. The summed E-state index contributed by atoms with van der Waals surface area (Å²) in [7, 11) is 0. The summed E-state index contributed by atoms with van der Waals surface area (Å²) in [4.78, 5) is 26.4. The van der Waals surface area contributed by atoms with E-state index in [0.29, 0.717) is 11.3 Å². The smallest absolute Gasteiger partial charge is 0.273 e. The molecule has 0 spiro atoms. The van der Waals surface area contributed by atoms with Gasteiger partial charge in [-0.05, 0) is 6.92 Å². The van der Waals surface area contributed by atoms with E-state index in [2.05, 4.69) is 4.98 Å². The van der Waals surface area contributed by atoms with E-state index >= 15 is 0 Å². The van der Waals surface area contributed by atoms with Gasteiger partial charge in [0.25, 0.3) is 5.69 Å². The second kappa shape index (κ2) is 5.05. The quantitative estimate of drug-likeness (QED) is 0.482. The minimum atomic E-state index is -0.477. The molecule has 0 amide bonds. The third kappa shape index (κ3) is 2.60. The molecule has 5 nitrogen and oxygen atoms in total. The van der Waals surface area contributed by atoms with Crippen molar-refractivity contribution < 1.29 is 9.72 Å². The van der Waals surface area contributed by atoms with Gasteiger partial charge in [0.05, 0.1) is 9.93 Å². The Morgan fingerprint density at radius 3 is 2.78 bits per heavy atom. The summed E-state index contributed by atoms with van der Waals surface area (Å²) in [5, 5.41) is 13.3. The molecule has 18 heavy (non-hydrogen) atoms. The maximum Gasteiger partial charge on any atom is 0.273 e. The number of hydrogen-bond acceptors (Lipinski definition) is 5. The normalized spacial score (nSPS) is 10.3. The van der Waals surface area contributed by atoms with Crippen LogP contribution in [0.5, 0.6) is 0 Å². The SMILES string of the molecule is Cc1nc(C(=O)Cc2ccccc2[N+](=O)[O-])cs1. The van der Waals surface area contributed by atoms with Gasteiger partial charge in [-0.3, -0.25) is 14.9 Å². The average Bonchev–Trinajstić information content (AvgIpc) is 2.76. The van der Waals surface area contributed by atoms with Gasteiger partial charge in [0, 0.05) is 23.4 Å². The van der Waals surface area contributed by atoms with Gasteiger partial charge in [0.15, 0.2) is 5.78 Å². The van der Waals surface area contributed by atoms with Crippen LogP contribution in [0.4, 0.5) is 5.69 Å². The third-order valence-electron chi connectivity index (χ3n) is 2.44. The molecule has 0 aliphatic rings. The Hall–Kier alpha value is -2.08. The molecule has 0 N–H and O–H groups in total. The Morgan fingerprint density at radius 1 is 1.44 bits per heavy atom. The van der Waals surface area contributed by atoms with Crippen molar-refractivity contribution in [1.82, 2.24) is 4.98 Å². The molecule has 0 bridgehead atoms. The van der Waals surface area contributed by atoms with Crippen LogP contribution in [-0.4, -0.2) is 15.7 Å². The van der Waals surface area contributed by atoms with Gasteiger partial charge < -0.3 is 0 Å². The maximum absolute atomic E-state index is 11.9. The number of aryl methyl sites for hydroxylation is 1. The van der Waals surface area contributed by atoms with Crippen molar-refractivity contribution in [3.63, 3.8) is 0 Å². The molecule has 2 rings (SSSR count). The molecule has 0 atom stereocenters. The summed E-state index contributed by atoms with van der Waals surface area (Å²) in [5.41, 5.74) is 0.756. The summed E-state index contributed by atoms with van der Waals surface area (Å²) in [6, 6.07) is 6.26. The fourth-order valence-corrected chi connectivity index (χ4v) is 2.21. The van der Waals surface area contributed by atoms with Crippen molar-refractivity contribution in [2.75, 3.05) is 0 Å². The molecule has 1 heterocycles. The number of ketones is 1. The second-order valence-corrected chi connectivity index (χ2v) is 4.80. The van der Waals surface area contributed by atoms with Crippen molar-refractivity contribution in [3.05, 3.63) is 56.0 Å². The number of carbonyl (C=O) groups is 1. The van der Waals surface area contributed by atoms with E-state index in [0.717, 1.165) is 5.01 Å². The highest BCUT2D eigenvalue weighted by atomic mass is 32.1. The Balaban J connectivity index is 2.24. The highest BCUT2D eigenvalue weighted by molar-refractivity contribution is 7.09. The van der Waals surface area contributed by atoms with Gasteiger partial charge in [-0.15, -0.1) is 11.3 Å². The first kappa shape index (κ1) is 12.4. The Bertz CT molecular complexity index is 607. The highest BCUT2D eigenvalue weighted by Gasteiger charge is 2.17. The van der Waals surface area contributed by atoms with Crippen molar-refractivity contribution in [2.45, 2.75) is 13.3 Å². The molecule has 0 saturated carbocycles. The van der Waals surface area contributed by atoms with Crippen LogP contribution in [0.3, 0.4) is 0 Å². The monoisotopic (exact) mass is 262 g/mol. The number of nitro groups is 1. The summed E-state index contributed by atoms with van der Waals surface area (Å²) < 4.78 is 0. The van der Waals surface area contributed by atoms with E-state index < -0.39 is 4.92 Å². The van der Waals surface area contributed by atoms with E-state index in [9.17, 15) is 14.9 Å². The molecule has 0 aliphatic carbocycles. The van der Waals surface area contributed by atoms with Crippen molar-refractivity contribution in [3.8, 4) is 0 Å². The lowest BCUT2D eigenvalue weighted by molar-refractivity contribution is -0.385. The zero-order chi connectivity index (χ0) is 13.1. The van der Waals surface area contributed by atoms with Crippen LogP contribution >= 0.6 is 11.3 Å². The zero-order valence-electron chi connectivity index (χ0n) is 9.62. The van der Waals surface area contributed by atoms with Crippen LogP contribution in [0.1, 0.15) is 21.1 Å². The van der Waals surface area contributed by atoms with Gasteiger partial charge in [0.2, 0.25) is 0 Å². The molecule has 2 aromatic rings. The number of aromatic nitrogens is 1. The second-order valence-electron chi connectivity index (χ2n) is 3.74. The van der Waals surface area contributed by atoms with Crippen LogP contribution in [-0.2, 0) is 6.42 Å². The minimum absolute atomic E-state index is 0.000324.